The minimum Gasteiger partial charge on any atom is -0.386 e. The third-order valence-electron chi connectivity index (χ3n) is 1.96. The van der Waals surface area contributed by atoms with Crippen molar-refractivity contribution in [3.05, 3.63) is 20.8 Å². The van der Waals surface area contributed by atoms with E-state index in [1.54, 1.807) is 11.3 Å². The average molecular weight is 278 g/mol. The quantitative estimate of drug-likeness (QED) is 0.887. The van der Waals surface area contributed by atoms with Crippen molar-refractivity contribution < 1.29 is 5.11 Å². The van der Waals surface area contributed by atoms with Crippen LogP contribution in [0, 0.1) is 0 Å². The van der Waals surface area contributed by atoms with Gasteiger partial charge in [-0.25, -0.2) is 0 Å². The van der Waals surface area contributed by atoms with E-state index in [1.807, 2.05) is 19.1 Å². The summed E-state index contributed by atoms with van der Waals surface area (Å²) in [6, 6.07) is 4.40. The maximum absolute atomic E-state index is 9.98. The van der Waals surface area contributed by atoms with E-state index in [2.05, 4.69) is 35.1 Å². The second-order valence-corrected chi connectivity index (χ2v) is 6.19. The molecular formula is C10H16BrNOS. The zero-order chi connectivity index (χ0) is 10.7. The molecule has 0 aliphatic heterocycles. The van der Waals surface area contributed by atoms with E-state index in [0.29, 0.717) is 6.04 Å². The highest BCUT2D eigenvalue weighted by molar-refractivity contribution is 9.11. The summed E-state index contributed by atoms with van der Waals surface area (Å²) in [5, 5.41) is 13.3. The Balaban J connectivity index is 2.60. The molecule has 0 bridgehead atoms. The van der Waals surface area contributed by atoms with E-state index in [4.69, 9.17) is 0 Å². The molecule has 1 aromatic rings. The van der Waals surface area contributed by atoms with Crippen LogP contribution in [0.5, 0.6) is 0 Å². The van der Waals surface area contributed by atoms with Crippen LogP contribution in [0.4, 0.5) is 0 Å². The van der Waals surface area contributed by atoms with Gasteiger partial charge >= 0.3 is 0 Å². The Bertz CT molecular complexity index is 287. The van der Waals surface area contributed by atoms with Crippen LogP contribution in [0.3, 0.4) is 0 Å². The standard InChI is InChI=1S/C10H16BrNOS/c1-6(2)12-7(3)10(13)8-4-5-9(11)14-8/h4-7,10,12-13H,1-3H3. The van der Waals surface area contributed by atoms with Crippen LogP contribution in [0.1, 0.15) is 31.8 Å². The molecule has 2 N–H and O–H groups in total. The van der Waals surface area contributed by atoms with Crippen LogP contribution in [-0.4, -0.2) is 17.2 Å². The number of nitrogens with one attached hydrogen (secondary N) is 1. The fraction of sp³-hybridized carbons (Fsp3) is 0.600. The lowest BCUT2D eigenvalue weighted by molar-refractivity contribution is 0.135. The van der Waals surface area contributed by atoms with Crippen molar-refractivity contribution in [2.45, 2.75) is 39.0 Å². The summed E-state index contributed by atoms with van der Waals surface area (Å²) in [4.78, 5) is 0.998. The molecule has 0 aliphatic carbocycles. The Morgan fingerprint density at radius 3 is 2.43 bits per heavy atom. The molecule has 2 unspecified atom stereocenters. The van der Waals surface area contributed by atoms with Gasteiger partial charge in [-0.3, -0.25) is 0 Å². The summed E-state index contributed by atoms with van der Waals surface area (Å²) >= 11 is 4.97. The van der Waals surface area contributed by atoms with Crippen molar-refractivity contribution >= 4 is 27.3 Å². The van der Waals surface area contributed by atoms with Gasteiger partial charge in [-0.2, -0.15) is 0 Å². The Morgan fingerprint density at radius 1 is 1.36 bits per heavy atom. The van der Waals surface area contributed by atoms with Gasteiger partial charge in [0, 0.05) is 17.0 Å². The predicted molar refractivity (Wildman–Crippen MR) is 64.7 cm³/mol. The van der Waals surface area contributed by atoms with Crippen LogP contribution in [-0.2, 0) is 0 Å². The van der Waals surface area contributed by atoms with Gasteiger partial charge in [-0.1, -0.05) is 13.8 Å². The second-order valence-electron chi connectivity index (χ2n) is 3.70. The second kappa shape index (κ2) is 5.26. The molecule has 0 aromatic carbocycles. The van der Waals surface area contributed by atoms with Crippen LogP contribution < -0.4 is 5.32 Å². The third kappa shape index (κ3) is 3.35. The summed E-state index contributed by atoms with van der Waals surface area (Å²) < 4.78 is 1.06. The summed E-state index contributed by atoms with van der Waals surface area (Å²) in [7, 11) is 0. The molecule has 1 rings (SSSR count). The van der Waals surface area contributed by atoms with Gasteiger partial charge in [0.25, 0.3) is 0 Å². The van der Waals surface area contributed by atoms with Gasteiger partial charge in [0.2, 0.25) is 0 Å². The summed E-state index contributed by atoms with van der Waals surface area (Å²) in [5.41, 5.74) is 0. The van der Waals surface area contributed by atoms with Crippen molar-refractivity contribution in [2.24, 2.45) is 0 Å². The van der Waals surface area contributed by atoms with E-state index in [1.165, 1.54) is 0 Å². The molecule has 14 heavy (non-hydrogen) atoms. The summed E-state index contributed by atoms with van der Waals surface area (Å²) in [5.74, 6) is 0. The van der Waals surface area contributed by atoms with Crippen molar-refractivity contribution in [3.63, 3.8) is 0 Å². The Morgan fingerprint density at radius 2 is 2.00 bits per heavy atom. The van der Waals surface area contributed by atoms with Crippen LogP contribution in [0.2, 0.25) is 0 Å². The van der Waals surface area contributed by atoms with E-state index in [0.717, 1.165) is 8.66 Å². The van der Waals surface area contributed by atoms with Gasteiger partial charge in [0.15, 0.2) is 0 Å². The van der Waals surface area contributed by atoms with Crippen molar-refractivity contribution in [1.29, 1.82) is 0 Å². The largest absolute Gasteiger partial charge is 0.386 e. The average Bonchev–Trinajstić information content (AvgIpc) is 2.49. The molecule has 0 saturated heterocycles. The van der Waals surface area contributed by atoms with E-state index in [9.17, 15) is 5.11 Å². The van der Waals surface area contributed by atoms with Gasteiger partial charge in [0.05, 0.1) is 3.79 Å². The summed E-state index contributed by atoms with van der Waals surface area (Å²) in [6.45, 7) is 6.15. The van der Waals surface area contributed by atoms with Crippen LogP contribution in [0.25, 0.3) is 0 Å². The fourth-order valence-electron chi connectivity index (χ4n) is 1.35. The molecule has 0 spiro atoms. The number of hydrogen-bond donors (Lipinski definition) is 2. The van der Waals surface area contributed by atoms with Crippen molar-refractivity contribution in [1.82, 2.24) is 5.32 Å². The predicted octanol–water partition coefficient (Wildman–Crippen LogP) is 2.93. The lowest BCUT2D eigenvalue weighted by Crippen LogP contribution is -2.36. The topological polar surface area (TPSA) is 32.3 Å². The molecule has 4 heteroatoms. The number of aliphatic hydroxyl groups is 1. The molecule has 0 aliphatic rings. The number of rotatable bonds is 4. The van der Waals surface area contributed by atoms with E-state index in [-0.39, 0.29) is 6.04 Å². The molecule has 2 atom stereocenters. The molecule has 0 fully saturated rings. The van der Waals surface area contributed by atoms with Crippen LogP contribution in [0.15, 0.2) is 15.9 Å². The smallest absolute Gasteiger partial charge is 0.103 e. The Hall–Kier alpha value is 0.1000. The first-order valence-corrected chi connectivity index (χ1v) is 6.31. The number of halogens is 1. The first-order valence-electron chi connectivity index (χ1n) is 4.70. The number of thiophene rings is 1. The first kappa shape index (κ1) is 12.2. The number of aliphatic hydroxyl groups excluding tert-OH is 1. The first-order chi connectivity index (χ1) is 6.50. The minimum absolute atomic E-state index is 0.0838. The molecule has 1 heterocycles. The highest BCUT2D eigenvalue weighted by atomic mass is 79.9. The fourth-order valence-corrected chi connectivity index (χ4v) is 2.87. The van der Waals surface area contributed by atoms with Crippen molar-refractivity contribution in [3.8, 4) is 0 Å². The monoisotopic (exact) mass is 277 g/mol. The lowest BCUT2D eigenvalue weighted by Gasteiger charge is -2.21. The maximum atomic E-state index is 9.98. The van der Waals surface area contributed by atoms with Crippen LogP contribution >= 0.6 is 27.3 Å². The Kier molecular flexibility index (Phi) is 4.57. The highest BCUT2D eigenvalue weighted by Crippen LogP contribution is 2.28. The zero-order valence-electron chi connectivity index (χ0n) is 8.62. The third-order valence-corrected chi connectivity index (χ3v) is 3.65. The molecule has 0 saturated carbocycles. The number of hydrogen-bond acceptors (Lipinski definition) is 3. The van der Waals surface area contributed by atoms with Crippen molar-refractivity contribution in [2.75, 3.05) is 0 Å². The van der Waals surface area contributed by atoms with Gasteiger partial charge in [-0.15, -0.1) is 11.3 Å². The zero-order valence-corrected chi connectivity index (χ0v) is 11.0. The molecule has 1 aromatic heterocycles. The maximum Gasteiger partial charge on any atom is 0.103 e. The molecule has 0 amide bonds. The van der Waals surface area contributed by atoms with Gasteiger partial charge in [0.1, 0.15) is 6.10 Å². The van der Waals surface area contributed by atoms with E-state index >= 15 is 0 Å². The molecule has 2 nitrogen and oxygen atoms in total. The molecular weight excluding hydrogens is 262 g/mol. The minimum atomic E-state index is -0.423. The molecule has 80 valence electrons. The SMILES string of the molecule is CC(C)NC(C)C(O)c1ccc(Br)s1. The van der Waals surface area contributed by atoms with Gasteiger partial charge in [-0.05, 0) is 35.0 Å². The highest BCUT2D eigenvalue weighted by Gasteiger charge is 2.18. The van der Waals surface area contributed by atoms with E-state index < -0.39 is 6.10 Å². The lowest BCUT2D eigenvalue weighted by atomic mass is 10.1. The normalized spacial score (nSPS) is 15.9. The summed E-state index contributed by atoms with van der Waals surface area (Å²) in [6.07, 6.45) is -0.423. The molecule has 0 radical (unpaired) electrons. The Labute approximate surface area is 97.5 Å². The van der Waals surface area contributed by atoms with Gasteiger partial charge < -0.3 is 10.4 Å².